The number of hydrogen-bond donors (Lipinski definition) is 1. The Labute approximate surface area is 95.6 Å². The van der Waals surface area contributed by atoms with Crippen molar-refractivity contribution < 1.29 is 5.11 Å². The number of allylic oxidation sites excluding steroid dienone is 1. The highest BCUT2D eigenvalue weighted by molar-refractivity contribution is 4.94. The van der Waals surface area contributed by atoms with Crippen molar-refractivity contribution in [1.82, 2.24) is 0 Å². The van der Waals surface area contributed by atoms with Crippen molar-refractivity contribution in [1.29, 1.82) is 0 Å². The summed E-state index contributed by atoms with van der Waals surface area (Å²) < 4.78 is 0. The van der Waals surface area contributed by atoms with Crippen LogP contribution in [0.2, 0.25) is 0 Å². The lowest BCUT2D eigenvalue weighted by Gasteiger charge is -2.15. The van der Waals surface area contributed by atoms with Gasteiger partial charge in [-0.25, -0.2) is 0 Å². The maximum absolute atomic E-state index is 9.04. The third kappa shape index (κ3) is 9.99. The van der Waals surface area contributed by atoms with E-state index in [4.69, 9.17) is 5.11 Å². The van der Waals surface area contributed by atoms with Crippen molar-refractivity contribution in [3.05, 3.63) is 12.2 Å². The number of rotatable bonds is 9. The fourth-order valence-corrected chi connectivity index (χ4v) is 1.50. The molecule has 1 nitrogen and oxygen atoms in total. The summed E-state index contributed by atoms with van der Waals surface area (Å²) >= 11 is 0. The predicted octanol–water partition coefficient (Wildman–Crippen LogP) is 4.31. The average Bonchev–Trinajstić information content (AvgIpc) is 2.22. The molecule has 0 saturated heterocycles. The summed E-state index contributed by atoms with van der Waals surface area (Å²) in [6.07, 6.45) is 13.6. The van der Waals surface area contributed by atoms with Gasteiger partial charge in [-0.2, -0.15) is 0 Å². The van der Waals surface area contributed by atoms with E-state index in [1.807, 2.05) is 0 Å². The molecule has 0 aromatic rings. The first kappa shape index (κ1) is 14.7. The maximum Gasteiger partial charge on any atom is 0.0516 e. The van der Waals surface area contributed by atoms with Gasteiger partial charge in [0.1, 0.15) is 0 Å². The molecule has 0 atom stereocenters. The molecule has 0 bridgehead atoms. The van der Waals surface area contributed by atoms with Crippen LogP contribution < -0.4 is 0 Å². The van der Waals surface area contributed by atoms with Crippen LogP contribution in [-0.2, 0) is 0 Å². The van der Waals surface area contributed by atoms with Gasteiger partial charge in [-0.3, -0.25) is 0 Å². The normalized spacial score (nSPS) is 12.5. The Kier molecular flexibility index (Phi) is 8.79. The molecule has 90 valence electrons. The summed E-state index contributed by atoms with van der Waals surface area (Å²) in [6.45, 7) is 6.61. The van der Waals surface area contributed by atoms with Gasteiger partial charge in [-0.1, -0.05) is 65.0 Å². The van der Waals surface area contributed by atoms with Gasteiger partial charge in [0.05, 0.1) is 6.61 Å². The SMILES string of the molecule is CCCCCCCC/C=C\C(C)(C)CO. The lowest BCUT2D eigenvalue weighted by molar-refractivity contribution is 0.199. The molecule has 0 unspecified atom stereocenters. The van der Waals surface area contributed by atoms with Crippen LogP contribution in [0, 0.1) is 5.41 Å². The van der Waals surface area contributed by atoms with Gasteiger partial charge in [0.15, 0.2) is 0 Å². The van der Waals surface area contributed by atoms with Crippen LogP contribution >= 0.6 is 0 Å². The second-order valence-electron chi connectivity index (χ2n) is 5.11. The van der Waals surface area contributed by atoms with E-state index in [0.29, 0.717) is 0 Å². The van der Waals surface area contributed by atoms with Crippen LogP contribution in [0.3, 0.4) is 0 Å². The molecule has 0 aromatic heterocycles. The van der Waals surface area contributed by atoms with Gasteiger partial charge >= 0.3 is 0 Å². The standard InChI is InChI=1S/C14H28O/c1-4-5-6-7-8-9-10-11-12-14(2,3)13-15/h11-12,15H,4-10,13H2,1-3H3/b12-11-. The molecule has 0 aliphatic heterocycles. The van der Waals surface area contributed by atoms with E-state index in [1.165, 1.54) is 38.5 Å². The largest absolute Gasteiger partial charge is 0.395 e. The van der Waals surface area contributed by atoms with Gasteiger partial charge in [-0.15, -0.1) is 0 Å². The second-order valence-corrected chi connectivity index (χ2v) is 5.11. The fraction of sp³-hybridized carbons (Fsp3) is 0.857. The van der Waals surface area contributed by atoms with E-state index in [1.54, 1.807) is 0 Å². The molecular weight excluding hydrogens is 184 g/mol. The van der Waals surface area contributed by atoms with Gasteiger partial charge < -0.3 is 5.11 Å². The first-order valence-corrected chi connectivity index (χ1v) is 6.41. The molecule has 0 saturated carbocycles. The molecule has 0 fully saturated rings. The fourth-order valence-electron chi connectivity index (χ4n) is 1.50. The van der Waals surface area contributed by atoms with Crippen molar-refractivity contribution >= 4 is 0 Å². The van der Waals surface area contributed by atoms with Gasteiger partial charge in [0, 0.05) is 5.41 Å². The van der Waals surface area contributed by atoms with Crippen LogP contribution in [0.5, 0.6) is 0 Å². The highest BCUT2D eigenvalue weighted by atomic mass is 16.3. The van der Waals surface area contributed by atoms with Crippen molar-refractivity contribution in [2.24, 2.45) is 5.41 Å². The minimum Gasteiger partial charge on any atom is -0.395 e. The van der Waals surface area contributed by atoms with Crippen molar-refractivity contribution in [2.45, 2.75) is 65.7 Å². The molecule has 1 heteroatoms. The Bertz CT molecular complexity index is 159. The van der Waals surface area contributed by atoms with Gasteiger partial charge in [-0.05, 0) is 12.8 Å². The predicted molar refractivity (Wildman–Crippen MR) is 68.0 cm³/mol. The highest BCUT2D eigenvalue weighted by Crippen LogP contribution is 2.16. The minimum absolute atomic E-state index is 0.0395. The maximum atomic E-state index is 9.04. The molecule has 0 aliphatic carbocycles. The molecule has 0 spiro atoms. The lowest BCUT2D eigenvalue weighted by Crippen LogP contribution is -2.12. The van der Waals surface area contributed by atoms with E-state index < -0.39 is 0 Å². The molecule has 0 heterocycles. The van der Waals surface area contributed by atoms with Crippen LogP contribution in [0.15, 0.2) is 12.2 Å². The topological polar surface area (TPSA) is 20.2 Å². The Hall–Kier alpha value is -0.300. The summed E-state index contributed by atoms with van der Waals surface area (Å²) in [5.41, 5.74) is -0.0395. The van der Waals surface area contributed by atoms with E-state index in [9.17, 15) is 0 Å². The zero-order chi connectivity index (χ0) is 11.6. The van der Waals surface area contributed by atoms with E-state index in [0.717, 1.165) is 6.42 Å². The summed E-state index contributed by atoms with van der Waals surface area (Å²) in [6, 6.07) is 0. The smallest absolute Gasteiger partial charge is 0.0516 e. The molecule has 15 heavy (non-hydrogen) atoms. The third-order valence-electron chi connectivity index (χ3n) is 2.70. The summed E-state index contributed by atoms with van der Waals surface area (Å²) in [5, 5.41) is 9.04. The molecule has 0 amide bonds. The van der Waals surface area contributed by atoms with Crippen LogP contribution in [0.4, 0.5) is 0 Å². The van der Waals surface area contributed by atoms with Crippen molar-refractivity contribution in [3.8, 4) is 0 Å². The Morgan fingerprint density at radius 2 is 1.60 bits per heavy atom. The first-order chi connectivity index (χ1) is 7.12. The van der Waals surface area contributed by atoms with Crippen LogP contribution in [0.25, 0.3) is 0 Å². The molecule has 0 aliphatic rings. The Balaban J connectivity index is 3.31. The average molecular weight is 212 g/mol. The zero-order valence-corrected chi connectivity index (χ0v) is 10.8. The third-order valence-corrected chi connectivity index (χ3v) is 2.70. The van der Waals surface area contributed by atoms with Gasteiger partial charge in [0.2, 0.25) is 0 Å². The summed E-state index contributed by atoms with van der Waals surface area (Å²) in [4.78, 5) is 0. The van der Waals surface area contributed by atoms with Gasteiger partial charge in [0.25, 0.3) is 0 Å². The monoisotopic (exact) mass is 212 g/mol. The quantitative estimate of drug-likeness (QED) is 0.446. The molecule has 0 radical (unpaired) electrons. The van der Waals surface area contributed by atoms with Crippen LogP contribution in [-0.4, -0.2) is 11.7 Å². The zero-order valence-electron chi connectivity index (χ0n) is 10.8. The summed E-state index contributed by atoms with van der Waals surface area (Å²) in [7, 11) is 0. The number of aliphatic hydroxyl groups excluding tert-OH is 1. The number of hydrogen-bond acceptors (Lipinski definition) is 1. The molecule has 1 N–H and O–H groups in total. The Morgan fingerprint density at radius 3 is 2.20 bits per heavy atom. The highest BCUT2D eigenvalue weighted by Gasteiger charge is 2.10. The molecule has 0 aromatic carbocycles. The second kappa shape index (κ2) is 8.96. The molecule has 0 rings (SSSR count). The number of unbranched alkanes of at least 4 members (excludes halogenated alkanes) is 6. The van der Waals surface area contributed by atoms with E-state index in [-0.39, 0.29) is 12.0 Å². The Morgan fingerprint density at radius 1 is 1.00 bits per heavy atom. The molecular formula is C14H28O. The summed E-state index contributed by atoms with van der Waals surface area (Å²) in [5.74, 6) is 0. The first-order valence-electron chi connectivity index (χ1n) is 6.41. The number of aliphatic hydroxyl groups is 1. The lowest BCUT2D eigenvalue weighted by atomic mass is 9.94. The minimum atomic E-state index is -0.0395. The van der Waals surface area contributed by atoms with Crippen molar-refractivity contribution in [3.63, 3.8) is 0 Å². The van der Waals surface area contributed by atoms with Crippen molar-refractivity contribution in [2.75, 3.05) is 6.61 Å². The van der Waals surface area contributed by atoms with Crippen LogP contribution in [0.1, 0.15) is 65.7 Å². The van der Waals surface area contributed by atoms with E-state index in [2.05, 4.69) is 32.9 Å². The van der Waals surface area contributed by atoms with E-state index >= 15 is 0 Å².